The Kier molecular flexibility index (Phi) is 3.06. The number of nitrogens with two attached hydrogens (primary N) is 1. The van der Waals surface area contributed by atoms with Gasteiger partial charge >= 0.3 is 0 Å². The van der Waals surface area contributed by atoms with Crippen molar-refractivity contribution < 1.29 is 9.90 Å². The van der Waals surface area contributed by atoms with Gasteiger partial charge < -0.3 is 15.4 Å². The van der Waals surface area contributed by atoms with Crippen molar-refractivity contribution in [3.63, 3.8) is 0 Å². The van der Waals surface area contributed by atoms with Gasteiger partial charge in [0, 0.05) is 25.4 Å². The van der Waals surface area contributed by atoms with Gasteiger partial charge in [-0.25, -0.2) is 4.98 Å². The fourth-order valence-corrected chi connectivity index (χ4v) is 2.80. The molecule has 0 fully saturated rings. The summed E-state index contributed by atoms with van der Waals surface area (Å²) in [5, 5.41) is 13.3. The van der Waals surface area contributed by atoms with Gasteiger partial charge in [0.2, 0.25) is 0 Å². The molecule has 3 rings (SSSR count). The molecule has 2 heterocycles. The van der Waals surface area contributed by atoms with E-state index in [0.717, 1.165) is 24.4 Å². The van der Waals surface area contributed by atoms with E-state index in [1.165, 1.54) is 11.9 Å². The lowest BCUT2D eigenvalue weighted by molar-refractivity contribution is 0.1000. The molecule has 3 N–H and O–H groups in total. The SMILES string of the molecule is Cn1c(CCO)nc2c1CC[C@H]2n1cc(C(N)=O)cn1. The Balaban J connectivity index is 1.95. The Morgan fingerprint density at radius 2 is 2.40 bits per heavy atom. The van der Waals surface area contributed by atoms with Gasteiger partial charge in [-0.2, -0.15) is 5.10 Å². The number of aliphatic hydroxyl groups is 1. The van der Waals surface area contributed by atoms with E-state index in [1.807, 2.05) is 11.6 Å². The van der Waals surface area contributed by atoms with Gasteiger partial charge in [-0.05, 0) is 12.8 Å². The van der Waals surface area contributed by atoms with Crippen LogP contribution in [0.4, 0.5) is 0 Å². The minimum atomic E-state index is -0.475. The number of hydrogen-bond donors (Lipinski definition) is 2. The summed E-state index contributed by atoms with van der Waals surface area (Å²) < 4.78 is 3.80. The van der Waals surface area contributed by atoms with Gasteiger partial charge in [0.05, 0.1) is 30.1 Å². The number of fused-ring (bicyclic) bond motifs is 1. The summed E-state index contributed by atoms with van der Waals surface area (Å²) in [6.45, 7) is 0.0853. The molecule has 0 aromatic carbocycles. The molecule has 2 aromatic heterocycles. The maximum Gasteiger partial charge on any atom is 0.251 e. The topological polar surface area (TPSA) is 99.0 Å². The lowest BCUT2D eigenvalue weighted by Crippen LogP contribution is -2.11. The highest BCUT2D eigenvalue weighted by atomic mass is 16.3. The Labute approximate surface area is 116 Å². The molecule has 1 aliphatic rings. The third-order valence-corrected chi connectivity index (χ3v) is 3.85. The summed E-state index contributed by atoms with van der Waals surface area (Å²) in [5.41, 5.74) is 7.81. The zero-order valence-electron chi connectivity index (χ0n) is 11.3. The largest absolute Gasteiger partial charge is 0.396 e. The maximum atomic E-state index is 11.1. The van der Waals surface area contributed by atoms with Crippen LogP contribution < -0.4 is 5.73 Å². The van der Waals surface area contributed by atoms with Crippen LogP contribution in [0.25, 0.3) is 0 Å². The zero-order valence-corrected chi connectivity index (χ0v) is 11.3. The molecular formula is C13H17N5O2. The molecule has 0 saturated carbocycles. The van der Waals surface area contributed by atoms with Crippen molar-refractivity contribution in [3.8, 4) is 0 Å². The third-order valence-electron chi connectivity index (χ3n) is 3.85. The molecule has 0 aliphatic heterocycles. The highest BCUT2D eigenvalue weighted by Gasteiger charge is 2.30. The van der Waals surface area contributed by atoms with E-state index in [4.69, 9.17) is 10.8 Å². The van der Waals surface area contributed by atoms with Crippen molar-refractivity contribution in [1.29, 1.82) is 0 Å². The number of rotatable bonds is 4. The predicted molar refractivity (Wildman–Crippen MR) is 71.2 cm³/mol. The molecule has 7 heteroatoms. The summed E-state index contributed by atoms with van der Waals surface area (Å²) in [7, 11) is 1.97. The van der Waals surface area contributed by atoms with Crippen LogP contribution in [0.5, 0.6) is 0 Å². The van der Waals surface area contributed by atoms with Gasteiger partial charge in [-0.3, -0.25) is 9.48 Å². The van der Waals surface area contributed by atoms with Crippen LogP contribution in [0.2, 0.25) is 0 Å². The number of aliphatic hydroxyl groups excluding tert-OH is 1. The monoisotopic (exact) mass is 275 g/mol. The van der Waals surface area contributed by atoms with Gasteiger partial charge in [0.1, 0.15) is 5.82 Å². The fourth-order valence-electron chi connectivity index (χ4n) is 2.80. The number of carbonyl (C=O) groups is 1. The zero-order chi connectivity index (χ0) is 14.3. The number of amides is 1. The van der Waals surface area contributed by atoms with Crippen molar-refractivity contribution in [3.05, 3.63) is 35.2 Å². The Hall–Kier alpha value is -2.15. The van der Waals surface area contributed by atoms with E-state index < -0.39 is 5.91 Å². The lowest BCUT2D eigenvalue weighted by atomic mass is 10.2. The molecule has 0 spiro atoms. The second-order valence-corrected chi connectivity index (χ2v) is 5.02. The van der Waals surface area contributed by atoms with E-state index in [2.05, 4.69) is 10.1 Å². The molecule has 7 nitrogen and oxygen atoms in total. The number of carbonyl (C=O) groups excluding carboxylic acids is 1. The predicted octanol–water partition coefficient (Wildman–Crippen LogP) is -0.214. The first-order valence-corrected chi connectivity index (χ1v) is 6.61. The molecule has 0 radical (unpaired) electrons. The van der Waals surface area contributed by atoms with Crippen LogP contribution in [0, 0.1) is 0 Å². The summed E-state index contributed by atoms with van der Waals surface area (Å²) in [4.78, 5) is 15.8. The van der Waals surface area contributed by atoms with E-state index in [-0.39, 0.29) is 12.6 Å². The second-order valence-electron chi connectivity index (χ2n) is 5.02. The standard InChI is InChI=1S/C13H17N5O2/c1-17-9-2-3-10(12(9)16-11(17)4-5-19)18-7-8(6-15-18)13(14)20/h6-7,10,19H,2-5H2,1H3,(H2,14,20)/t10-/m1/s1. The van der Waals surface area contributed by atoms with Crippen molar-refractivity contribution >= 4 is 5.91 Å². The smallest absolute Gasteiger partial charge is 0.251 e. The average molecular weight is 275 g/mol. The summed E-state index contributed by atoms with van der Waals surface area (Å²) in [6.07, 6.45) is 5.52. The Morgan fingerprint density at radius 3 is 3.05 bits per heavy atom. The van der Waals surface area contributed by atoms with Crippen molar-refractivity contribution in [2.75, 3.05) is 6.61 Å². The Bertz CT molecular complexity index is 658. The molecule has 1 amide bonds. The third kappa shape index (κ3) is 1.90. The number of primary amides is 1. The number of aromatic nitrogens is 4. The molecule has 0 bridgehead atoms. The quantitative estimate of drug-likeness (QED) is 0.806. The molecule has 0 saturated heterocycles. The second kappa shape index (κ2) is 4.75. The number of nitrogens with zero attached hydrogens (tertiary/aromatic N) is 4. The highest BCUT2D eigenvalue weighted by molar-refractivity contribution is 5.92. The van der Waals surface area contributed by atoms with Crippen LogP contribution in [0.15, 0.2) is 12.4 Å². The maximum absolute atomic E-state index is 11.1. The van der Waals surface area contributed by atoms with Gasteiger partial charge in [0.25, 0.3) is 5.91 Å². The van der Waals surface area contributed by atoms with Crippen LogP contribution in [-0.4, -0.2) is 37.0 Å². The fraction of sp³-hybridized carbons (Fsp3) is 0.462. The van der Waals surface area contributed by atoms with Crippen molar-refractivity contribution in [1.82, 2.24) is 19.3 Å². The molecule has 0 unspecified atom stereocenters. The molecule has 1 atom stereocenters. The van der Waals surface area contributed by atoms with E-state index in [0.29, 0.717) is 12.0 Å². The normalized spacial score (nSPS) is 17.4. The highest BCUT2D eigenvalue weighted by Crippen LogP contribution is 2.33. The number of hydrogen-bond acceptors (Lipinski definition) is 4. The van der Waals surface area contributed by atoms with E-state index in [1.54, 1.807) is 10.9 Å². The van der Waals surface area contributed by atoms with Crippen LogP contribution in [0.1, 0.15) is 40.0 Å². The summed E-state index contributed by atoms with van der Waals surface area (Å²) in [5.74, 6) is 0.404. The van der Waals surface area contributed by atoms with Crippen molar-refractivity contribution in [2.45, 2.75) is 25.3 Å². The van der Waals surface area contributed by atoms with Gasteiger partial charge in [-0.1, -0.05) is 0 Å². The molecule has 2 aromatic rings. The van der Waals surface area contributed by atoms with Crippen LogP contribution >= 0.6 is 0 Å². The van der Waals surface area contributed by atoms with E-state index in [9.17, 15) is 4.79 Å². The Morgan fingerprint density at radius 1 is 1.60 bits per heavy atom. The van der Waals surface area contributed by atoms with E-state index >= 15 is 0 Å². The first-order chi connectivity index (χ1) is 9.61. The van der Waals surface area contributed by atoms with Crippen LogP contribution in [0.3, 0.4) is 0 Å². The van der Waals surface area contributed by atoms with Gasteiger partial charge in [0.15, 0.2) is 0 Å². The average Bonchev–Trinajstić information content (AvgIpc) is 3.08. The minimum Gasteiger partial charge on any atom is -0.396 e. The molecular weight excluding hydrogens is 258 g/mol. The first kappa shape index (κ1) is 12.9. The molecule has 1 aliphatic carbocycles. The first-order valence-electron chi connectivity index (χ1n) is 6.61. The summed E-state index contributed by atoms with van der Waals surface area (Å²) in [6, 6.07) is 0.0387. The molecule has 20 heavy (non-hydrogen) atoms. The molecule has 106 valence electrons. The number of imidazole rings is 1. The van der Waals surface area contributed by atoms with Crippen molar-refractivity contribution in [2.24, 2.45) is 12.8 Å². The lowest BCUT2D eigenvalue weighted by Gasteiger charge is -2.09. The van der Waals surface area contributed by atoms with Gasteiger partial charge in [-0.15, -0.1) is 0 Å². The van der Waals surface area contributed by atoms with Crippen LogP contribution in [-0.2, 0) is 19.9 Å². The minimum absolute atomic E-state index is 0.0387. The summed E-state index contributed by atoms with van der Waals surface area (Å²) >= 11 is 0.